The number of nitrogens with one attached hydrogen (secondary N) is 1. The van der Waals surface area contributed by atoms with Crippen molar-refractivity contribution in [1.29, 1.82) is 0 Å². The molecule has 8 heteroatoms. The van der Waals surface area contributed by atoms with Crippen molar-refractivity contribution in [3.63, 3.8) is 0 Å². The van der Waals surface area contributed by atoms with Crippen LogP contribution in [0.1, 0.15) is 10.6 Å². The molecule has 0 bridgehead atoms. The lowest BCUT2D eigenvalue weighted by atomic mass is 10.3. The Kier molecular flexibility index (Phi) is 3.64. The molecule has 0 saturated carbocycles. The number of carbonyl (C=O) groups excluding carboxylic acids is 1. The lowest BCUT2D eigenvalue weighted by molar-refractivity contribution is 0.0734. The maximum atomic E-state index is 12.1. The molecule has 1 aliphatic heterocycles. The smallest absolute Gasteiger partial charge is 0.291 e. The van der Waals surface area contributed by atoms with E-state index >= 15 is 0 Å². The second kappa shape index (κ2) is 5.58. The first-order chi connectivity index (χ1) is 9.74. The zero-order chi connectivity index (χ0) is 13.9. The minimum absolute atomic E-state index is 0.106. The quantitative estimate of drug-likeness (QED) is 0.882. The van der Waals surface area contributed by atoms with Crippen molar-refractivity contribution >= 4 is 27.7 Å². The van der Waals surface area contributed by atoms with Crippen molar-refractivity contribution in [2.24, 2.45) is 0 Å². The molecule has 0 aliphatic carbocycles. The summed E-state index contributed by atoms with van der Waals surface area (Å²) in [5, 5.41) is 6.30. The molecule has 0 radical (unpaired) electrons. The van der Waals surface area contributed by atoms with Crippen molar-refractivity contribution < 1.29 is 4.79 Å². The SMILES string of the molecule is O=C(c1ncn[nH]1)N1CCN(c2ccc(Br)cn2)CC1. The Labute approximate surface area is 124 Å². The molecule has 7 nitrogen and oxygen atoms in total. The van der Waals surface area contributed by atoms with Gasteiger partial charge in [-0.1, -0.05) is 0 Å². The Morgan fingerprint density at radius 1 is 1.20 bits per heavy atom. The van der Waals surface area contributed by atoms with Crippen LogP contribution in [0.2, 0.25) is 0 Å². The van der Waals surface area contributed by atoms with Crippen molar-refractivity contribution in [3.05, 3.63) is 35.0 Å². The first-order valence-corrected chi connectivity index (χ1v) is 7.04. The largest absolute Gasteiger partial charge is 0.353 e. The van der Waals surface area contributed by atoms with Gasteiger partial charge < -0.3 is 9.80 Å². The number of hydrogen-bond donors (Lipinski definition) is 1. The molecule has 2 aromatic rings. The maximum Gasteiger partial charge on any atom is 0.291 e. The lowest BCUT2D eigenvalue weighted by Gasteiger charge is -2.34. The second-order valence-corrected chi connectivity index (χ2v) is 5.36. The van der Waals surface area contributed by atoms with Gasteiger partial charge in [0.25, 0.3) is 5.91 Å². The molecule has 1 aliphatic rings. The zero-order valence-electron chi connectivity index (χ0n) is 10.7. The molecule has 0 unspecified atom stereocenters. The Morgan fingerprint density at radius 2 is 2.00 bits per heavy atom. The van der Waals surface area contributed by atoms with Gasteiger partial charge in [0.15, 0.2) is 0 Å². The van der Waals surface area contributed by atoms with Gasteiger partial charge in [-0.2, -0.15) is 5.10 Å². The average Bonchev–Trinajstić information content (AvgIpc) is 3.02. The molecule has 20 heavy (non-hydrogen) atoms. The summed E-state index contributed by atoms with van der Waals surface area (Å²) in [6, 6.07) is 3.94. The third-order valence-corrected chi connectivity index (χ3v) is 3.69. The Balaban J connectivity index is 1.62. The Bertz CT molecular complexity index is 577. The summed E-state index contributed by atoms with van der Waals surface area (Å²) >= 11 is 3.37. The summed E-state index contributed by atoms with van der Waals surface area (Å²) in [5.74, 6) is 1.12. The topological polar surface area (TPSA) is 78.0 Å². The molecule has 1 N–H and O–H groups in total. The van der Waals surface area contributed by atoms with E-state index in [1.807, 2.05) is 12.1 Å². The highest BCUT2D eigenvalue weighted by Crippen LogP contribution is 2.16. The highest BCUT2D eigenvalue weighted by molar-refractivity contribution is 9.10. The summed E-state index contributed by atoms with van der Waals surface area (Å²) in [4.78, 5) is 24.3. The molecule has 0 spiro atoms. The number of aromatic amines is 1. The summed E-state index contributed by atoms with van der Waals surface area (Å²) in [5.41, 5.74) is 0. The molecule has 1 fully saturated rings. The van der Waals surface area contributed by atoms with Gasteiger partial charge in [0.2, 0.25) is 5.82 Å². The van der Waals surface area contributed by atoms with Crippen LogP contribution >= 0.6 is 15.9 Å². The number of halogens is 1. The van der Waals surface area contributed by atoms with Gasteiger partial charge in [-0.3, -0.25) is 9.89 Å². The average molecular weight is 337 g/mol. The Morgan fingerprint density at radius 3 is 2.60 bits per heavy atom. The standard InChI is InChI=1S/C12H13BrN6O/c13-9-1-2-10(14-7-9)18-3-5-19(6-4-18)12(20)11-15-8-16-17-11/h1-2,7-8H,3-6H2,(H,15,16,17). The van der Waals surface area contributed by atoms with E-state index in [9.17, 15) is 4.79 Å². The number of anilines is 1. The molecule has 1 amide bonds. The number of hydrogen-bond acceptors (Lipinski definition) is 5. The van der Waals surface area contributed by atoms with Gasteiger partial charge in [0.05, 0.1) is 0 Å². The summed E-state index contributed by atoms with van der Waals surface area (Å²) in [7, 11) is 0. The third kappa shape index (κ3) is 2.64. The second-order valence-electron chi connectivity index (χ2n) is 4.45. The molecular weight excluding hydrogens is 324 g/mol. The first kappa shape index (κ1) is 13.0. The van der Waals surface area contributed by atoms with E-state index in [4.69, 9.17) is 0 Å². The van der Waals surface area contributed by atoms with E-state index in [0.717, 1.165) is 23.4 Å². The van der Waals surface area contributed by atoms with Crippen molar-refractivity contribution in [3.8, 4) is 0 Å². The minimum atomic E-state index is -0.106. The molecule has 0 aromatic carbocycles. The van der Waals surface area contributed by atoms with Crippen molar-refractivity contribution in [2.75, 3.05) is 31.1 Å². The molecule has 1 saturated heterocycles. The van der Waals surface area contributed by atoms with Gasteiger partial charge in [-0.05, 0) is 28.1 Å². The molecule has 3 rings (SSSR count). The monoisotopic (exact) mass is 336 g/mol. The minimum Gasteiger partial charge on any atom is -0.353 e. The maximum absolute atomic E-state index is 12.1. The number of amides is 1. The Hall–Kier alpha value is -1.96. The van der Waals surface area contributed by atoms with E-state index in [1.54, 1.807) is 11.1 Å². The van der Waals surface area contributed by atoms with Crippen molar-refractivity contribution in [1.82, 2.24) is 25.1 Å². The van der Waals surface area contributed by atoms with E-state index in [1.165, 1.54) is 6.33 Å². The molecule has 0 atom stereocenters. The van der Waals surface area contributed by atoms with Crippen LogP contribution in [0.25, 0.3) is 0 Å². The normalized spacial score (nSPS) is 15.4. The van der Waals surface area contributed by atoms with Crippen LogP contribution in [0.4, 0.5) is 5.82 Å². The lowest BCUT2D eigenvalue weighted by Crippen LogP contribution is -2.49. The molecule has 104 valence electrons. The summed E-state index contributed by atoms with van der Waals surface area (Å²) < 4.78 is 0.959. The fraction of sp³-hybridized carbons (Fsp3) is 0.333. The molecule has 2 aromatic heterocycles. The number of H-pyrrole nitrogens is 1. The van der Waals surface area contributed by atoms with Crippen LogP contribution in [0.15, 0.2) is 29.1 Å². The fourth-order valence-electron chi connectivity index (χ4n) is 2.15. The number of piperazine rings is 1. The van der Waals surface area contributed by atoms with E-state index < -0.39 is 0 Å². The van der Waals surface area contributed by atoms with Crippen LogP contribution in [-0.4, -0.2) is 57.2 Å². The van der Waals surface area contributed by atoms with Gasteiger partial charge in [0.1, 0.15) is 12.1 Å². The van der Waals surface area contributed by atoms with E-state index in [-0.39, 0.29) is 5.91 Å². The van der Waals surface area contributed by atoms with E-state index in [0.29, 0.717) is 18.9 Å². The first-order valence-electron chi connectivity index (χ1n) is 6.25. The van der Waals surface area contributed by atoms with Gasteiger partial charge >= 0.3 is 0 Å². The van der Waals surface area contributed by atoms with Crippen LogP contribution < -0.4 is 4.90 Å². The van der Waals surface area contributed by atoms with Crippen LogP contribution in [0.5, 0.6) is 0 Å². The van der Waals surface area contributed by atoms with Crippen LogP contribution in [0, 0.1) is 0 Å². The highest BCUT2D eigenvalue weighted by atomic mass is 79.9. The fourth-order valence-corrected chi connectivity index (χ4v) is 2.39. The van der Waals surface area contributed by atoms with E-state index in [2.05, 4.69) is 41.0 Å². The predicted molar refractivity (Wildman–Crippen MR) is 76.4 cm³/mol. The summed E-state index contributed by atoms with van der Waals surface area (Å²) in [6.45, 7) is 2.82. The summed E-state index contributed by atoms with van der Waals surface area (Å²) in [6.07, 6.45) is 3.12. The zero-order valence-corrected chi connectivity index (χ0v) is 12.2. The number of nitrogens with zero attached hydrogens (tertiary/aromatic N) is 5. The molecule has 3 heterocycles. The number of carbonyl (C=O) groups is 1. The molecular formula is C12H13BrN6O. The highest BCUT2D eigenvalue weighted by Gasteiger charge is 2.24. The number of rotatable bonds is 2. The van der Waals surface area contributed by atoms with Crippen molar-refractivity contribution in [2.45, 2.75) is 0 Å². The third-order valence-electron chi connectivity index (χ3n) is 3.22. The predicted octanol–water partition coefficient (Wildman–Crippen LogP) is 0.925. The van der Waals surface area contributed by atoms with Gasteiger partial charge in [0, 0.05) is 36.8 Å². The van der Waals surface area contributed by atoms with Crippen LogP contribution in [-0.2, 0) is 0 Å². The number of pyridine rings is 1. The number of aromatic nitrogens is 4. The van der Waals surface area contributed by atoms with Gasteiger partial charge in [-0.15, -0.1) is 0 Å². The van der Waals surface area contributed by atoms with Crippen LogP contribution in [0.3, 0.4) is 0 Å². The van der Waals surface area contributed by atoms with Gasteiger partial charge in [-0.25, -0.2) is 9.97 Å².